The molecule has 4 nitrogen and oxygen atoms in total. The van der Waals surface area contributed by atoms with Crippen molar-refractivity contribution in [3.05, 3.63) is 34.9 Å². The summed E-state index contributed by atoms with van der Waals surface area (Å²) in [5.41, 5.74) is 0.327. The van der Waals surface area contributed by atoms with Gasteiger partial charge in [0.2, 0.25) is 0 Å². The Morgan fingerprint density at radius 3 is 2.67 bits per heavy atom. The van der Waals surface area contributed by atoms with E-state index in [1.54, 1.807) is 6.92 Å². The molecule has 2 rings (SSSR count). The summed E-state index contributed by atoms with van der Waals surface area (Å²) in [7, 11) is 0. The number of aliphatic hydroxyl groups is 1. The van der Waals surface area contributed by atoms with Gasteiger partial charge in [-0.15, -0.1) is 0 Å². The number of carboxylic acids is 1. The molecule has 0 amide bonds. The smallest absolute Gasteiger partial charge is 0.416 e. The standard InChI is InChI=1S/C14H16F3NO3/c1-8-2-3-10(14(15,16)17)4-9(8)6-18-7-11(19)5-12(18)13(20)21/h2-4,11-12,19H,5-7H2,1H3,(H,20,21). The number of carbonyl (C=O) groups is 1. The van der Waals surface area contributed by atoms with Gasteiger partial charge in [0.1, 0.15) is 6.04 Å². The summed E-state index contributed by atoms with van der Waals surface area (Å²) in [6, 6.07) is 2.56. The van der Waals surface area contributed by atoms with Gasteiger partial charge in [0, 0.05) is 19.5 Å². The van der Waals surface area contributed by atoms with Crippen LogP contribution in [0.15, 0.2) is 18.2 Å². The van der Waals surface area contributed by atoms with Crippen LogP contribution in [-0.4, -0.2) is 39.8 Å². The number of alkyl halides is 3. The molecule has 1 aromatic rings. The third-order valence-electron chi connectivity index (χ3n) is 3.72. The topological polar surface area (TPSA) is 60.8 Å². The third kappa shape index (κ3) is 3.54. The van der Waals surface area contributed by atoms with Crippen LogP contribution < -0.4 is 0 Å². The van der Waals surface area contributed by atoms with Crippen LogP contribution in [-0.2, 0) is 17.5 Å². The summed E-state index contributed by atoms with van der Waals surface area (Å²) in [4.78, 5) is 12.6. The van der Waals surface area contributed by atoms with E-state index in [1.807, 2.05) is 0 Å². The minimum absolute atomic E-state index is 0.0732. The maximum atomic E-state index is 12.7. The van der Waals surface area contributed by atoms with E-state index in [-0.39, 0.29) is 19.5 Å². The zero-order chi connectivity index (χ0) is 15.8. The molecule has 21 heavy (non-hydrogen) atoms. The number of rotatable bonds is 3. The number of aryl methyl sites for hydroxylation is 1. The lowest BCUT2D eigenvalue weighted by Gasteiger charge is -2.22. The average molecular weight is 303 g/mol. The van der Waals surface area contributed by atoms with Crippen molar-refractivity contribution in [2.24, 2.45) is 0 Å². The lowest BCUT2D eigenvalue weighted by Crippen LogP contribution is -2.35. The zero-order valence-electron chi connectivity index (χ0n) is 11.4. The Labute approximate surface area is 119 Å². The Hall–Kier alpha value is -1.60. The highest BCUT2D eigenvalue weighted by Gasteiger charge is 2.36. The lowest BCUT2D eigenvalue weighted by molar-refractivity contribution is -0.142. The molecule has 0 spiro atoms. The molecule has 1 aromatic carbocycles. The van der Waals surface area contributed by atoms with Crippen LogP contribution in [0.3, 0.4) is 0 Å². The Kier molecular flexibility index (Phi) is 4.25. The van der Waals surface area contributed by atoms with E-state index >= 15 is 0 Å². The van der Waals surface area contributed by atoms with Gasteiger partial charge in [-0.05, 0) is 30.2 Å². The van der Waals surface area contributed by atoms with E-state index in [9.17, 15) is 23.1 Å². The van der Waals surface area contributed by atoms with Gasteiger partial charge >= 0.3 is 12.1 Å². The fraction of sp³-hybridized carbons (Fsp3) is 0.500. The molecule has 1 aliphatic heterocycles. The molecule has 0 aromatic heterocycles. The van der Waals surface area contributed by atoms with Gasteiger partial charge in [0.05, 0.1) is 11.7 Å². The van der Waals surface area contributed by atoms with Crippen molar-refractivity contribution >= 4 is 5.97 Å². The van der Waals surface area contributed by atoms with Gasteiger partial charge in [-0.1, -0.05) is 6.07 Å². The van der Waals surface area contributed by atoms with E-state index in [4.69, 9.17) is 5.11 Å². The first-order valence-electron chi connectivity index (χ1n) is 6.50. The number of aliphatic carboxylic acids is 1. The van der Waals surface area contributed by atoms with E-state index in [1.165, 1.54) is 11.0 Å². The van der Waals surface area contributed by atoms with Crippen LogP contribution in [0.25, 0.3) is 0 Å². The number of hydrogen-bond donors (Lipinski definition) is 2. The number of β-amino-alcohol motifs (C(OH)–C–C–N with tert-alkyl or cyclic N) is 1. The molecule has 7 heteroatoms. The van der Waals surface area contributed by atoms with Crippen LogP contribution in [0, 0.1) is 6.92 Å². The van der Waals surface area contributed by atoms with E-state index < -0.39 is 29.9 Å². The molecule has 1 aliphatic rings. The Morgan fingerprint density at radius 2 is 2.10 bits per heavy atom. The second-order valence-electron chi connectivity index (χ2n) is 5.31. The fourth-order valence-corrected chi connectivity index (χ4v) is 2.55. The van der Waals surface area contributed by atoms with Gasteiger partial charge in [-0.3, -0.25) is 9.69 Å². The minimum atomic E-state index is -4.43. The summed E-state index contributed by atoms with van der Waals surface area (Å²) in [6.07, 6.45) is -5.11. The molecule has 0 aliphatic carbocycles. The van der Waals surface area contributed by atoms with Crippen LogP contribution in [0.4, 0.5) is 13.2 Å². The molecule has 1 heterocycles. The van der Waals surface area contributed by atoms with Gasteiger partial charge < -0.3 is 10.2 Å². The molecule has 2 N–H and O–H groups in total. The second kappa shape index (κ2) is 5.65. The predicted octanol–water partition coefficient (Wildman–Crippen LogP) is 2.03. The monoisotopic (exact) mass is 303 g/mol. The first-order valence-corrected chi connectivity index (χ1v) is 6.50. The second-order valence-corrected chi connectivity index (χ2v) is 5.31. The third-order valence-corrected chi connectivity index (χ3v) is 3.72. The van der Waals surface area contributed by atoms with E-state index in [0.717, 1.165) is 12.1 Å². The predicted molar refractivity (Wildman–Crippen MR) is 68.6 cm³/mol. The summed E-state index contributed by atoms with van der Waals surface area (Å²) < 4.78 is 38.2. The van der Waals surface area contributed by atoms with Crippen LogP contribution in [0.2, 0.25) is 0 Å². The summed E-state index contributed by atoms with van der Waals surface area (Å²) >= 11 is 0. The van der Waals surface area contributed by atoms with Crippen molar-refractivity contribution < 1.29 is 28.2 Å². The van der Waals surface area contributed by atoms with Crippen LogP contribution in [0.1, 0.15) is 23.1 Å². The van der Waals surface area contributed by atoms with Crippen molar-refractivity contribution in [2.75, 3.05) is 6.54 Å². The van der Waals surface area contributed by atoms with Gasteiger partial charge in [-0.25, -0.2) is 0 Å². The highest BCUT2D eigenvalue weighted by Crippen LogP contribution is 2.31. The minimum Gasteiger partial charge on any atom is -0.480 e. The lowest BCUT2D eigenvalue weighted by atomic mass is 10.0. The maximum absolute atomic E-state index is 12.7. The van der Waals surface area contributed by atoms with Crippen molar-refractivity contribution in [1.29, 1.82) is 0 Å². The molecule has 116 valence electrons. The molecule has 2 atom stereocenters. The molecule has 0 saturated carbocycles. The molecule has 0 radical (unpaired) electrons. The van der Waals surface area contributed by atoms with Gasteiger partial charge in [-0.2, -0.15) is 13.2 Å². The first-order chi connectivity index (χ1) is 9.68. The van der Waals surface area contributed by atoms with Crippen LogP contribution >= 0.6 is 0 Å². The highest BCUT2D eigenvalue weighted by molar-refractivity contribution is 5.74. The summed E-state index contributed by atoms with van der Waals surface area (Å²) in [5, 5.41) is 18.7. The maximum Gasteiger partial charge on any atom is 0.416 e. The summed E-state index contributed by atoms with van der Waals surface area (Å²) in [5.74, 6) is -1.07. The first kappa shape index (κ1) is 15.8. The van der Waals surface area contributed by atoms with Crippen molar-refractivity contribution in [1.82, 2.24) is 4.90 Å². The van der Waals surface area contributed by atoms with Crippen molar-refractivity contribution in [3.8, 4) is 0 Å². The summed E-state index contributed by atoms with van der Waals surface area (Å²) in [6.45, 7) is 1.90. The fourth-order valence-electron chi connectivity index (χ4n) is 2.55. The number of halogens is 3. The molecule has 1 fully saturated rings. The zero-order valence-corrected chi connectivity index (χ0v) is 11.4. The number of hydrogen-bond acceptors (Lipinski definition) is 3. The quantitative estimate of drug-likeness (QED) is 0.897. The number of likely N-dealkylation sites (tertiary alicyclic amines) is 1. The normalized spacial score (nSPS) is 23.5. The van der Waals surface area contributed by atoms with E-state index in [2.05, 4.69) is 0 Å². The Morgan fingerprint density at radius 1 is 1.43 bits per heavy atom. The molecule has 1 saturated heterocycles. The largest absolute Gasteiger partial charge is 0.480 e. The van der Waals surface area contributed by atoms with Crippen molar-refractivity contribution in [3.63, 3.8) is 0 Å². The number of nitrogens with zero attached hydrogens (tertiary/aromatic N) is 1. The number of aliphatic hydroxyl groups excluding tert-OH is 1. The number of carboxylic acid groups (broad SMARTS) is 1. The molecular weight excluding hydrogens is 287 g/mol. The molecular formula is C14H16F3NO3. The van der Waals surface area contributed by atoms with E-state index in [0.29, 0.717) is 11.1 Å². The average Bonchev–Trinajstić information content (AvgIpc) is 2.72. The van der Waals surface area contributed by atoms with Crippen molar-refractivity contribution in [2.45, 2.75) is 38.2 Å². The number of benzene rings is 1. The van der Waals surface area contributed by atoms with Gasteiger partial charge in [0.15, 0.2) is 0 Å². The van der Waals surface area contributed by atoms with Crippen LogP contribution in [0.5, 0.6) is 0 Å². The SMILES string of the molecule is Cc1ccc(C(F)(F)F)cc1CN1CC(O)CC1C(=O)O. The molecule has 0 bridgehead atoms. The highest BCUT2D eigenvalue weighted by atomic mass is 19.4. The molecule has 2 unspecified atom stereocenters. The van der Waals surface area contributed by atoms with Gasteiger partial charge in [0.25, 0.3) is 0 Å². The Bertz CT molecular complexity index is 545. The Balaban J connectivity index is 2.24.